The number of esters is 1. The van der Waals surface area contributed by atoms with E-state index in [0.29, 0.717) is 5.02 Å². The molecule has 0 bridgehead atoms. The van der Waals surface area contributed by atoms with E-state index in [4.69, 9.17) is 16.3 Å². The summed E-state index contributed by atoms with van der Waals surface area (Å²) in [6.07, 6.45) is 0.750. The number of hydrogen-bond donors (Lipinski definition) is 0. The van der Waals surface area contributed by atoms with Crippen molar-refractivity contribution < 1.29 is 9.53 Å². The summed E-state index contributed by atoms with van der Waals surface area (Å²) < 4.78 is 4.71. The van der Waals surface area contributed by atoms with Gasteiger partial charge in [0.25, 0.3) is 0 Å². The monoisotopic (exact) mass is 244 g/mol. The predicted octanol–water partition coefficient (Wildman–Crippen LogP) is 3.38. The van der Waals surface area contributed by atoms with Crippen LogP contribution in [0.2, 0.25) is 5.02 Å². The highest BCUT2D eigenvalue weighted by molar-refractivity contribution is 8.00. The average molecular weight is 245 g/mol. The number of halogens is 1. The SMILES string of the molecule is CCC(Sc1ccc(Cl)cc1)C(=O)OC. The minimum atomic E-state index is -0.183. The minimum absolute atomic E-state index is 0.142. The minimum Gasteiger partial charge on any atom is -0.468 e. The number of thioether (sulfide) groups is 1. The molecule has 1 rings (SSSR count). The summed E-state index contributed by atoms with van der Waals surface area (Å²) in [7, 11) is 1.41. The topological polar surface area (TPSA) is 26.3 Å². The van der Waals surface area contributed by atoms with Crippen LogP contribution in [0.15, 0.2) is 29.2 Å². The molecule has 0 saturated carbocycles. The molecule has 0 aromatic heterocycles. The van der Waals surface area contributed by atoms with E-state index < -0.39 is 0 Å². The molecule has 0 fully saturated rings. The number of carbonyl (C=O) groups excluding carboxylic acids is 1. The Morgan fingerprint density at radius 3 is 2.53 bits per heavy atom. The van der Waals surface area contributed by atoms with E-state index >= 15 is 0 Å². The number of hydrogen-bond acceptors (Lipinski definition) is 3. The first-order valence-corrected chi connectivity index (χ1v) is 5.93. The van der Waals surface area contributed by atoms with Gasteiger partial charge in [-0.25, -0.2) is 0 Å². The molecule has 1 aromatic rings. The van der Waals surface area contributed by atoms with Crippen molar-refractivity contribution in [1.29, 1.82) is 0 Å². The third-order valence-corrected chi connectivity index (χ3v) is 3.53. The van der Waals surface area contributed by atoms with E-state index in [1.165, 1.54) is 18.9 Å². The molecule has 0 aliphatic heterocycles. The molecule has 0 amide bonds. The molecule has 1 aromatic carbocycles. The second kappa shape index (κ2) is 6.03. The van der Waals surface area contributed by atoms with Crippen LogP contribution in [0, 0.1) is 0 Å². The lowest BCUT2D eigenvalue weighted by Crippen LogP contribution is -2.17. The molecule has 0 heterocycles. The molecule has 4 heteroatoms. The Morgan fingerprint density at radius 1 is 1.47 bits per heavy atom. The fourth-order valence-electron chi connectivity index (χ4n) is 1.11. The van der Waals surface area contributed by atoms with Gasteiger partial charge in [0.1, 0.15) is 5.25 Å². The Kier molecular flexibility index (Phi) is 4.99. The van der Waals surface area contributed by atoms with E-state index in [1.54, 1.807) is 0 Å². The number of benzene rings is 1. The maximum atomic E-state index is 11.3. The van der Waals surface area contributed by atoms with Crippen molar-refractivity contribution >= 4 is 29.3 Å². The lowest BCUT2D eigenvalue weighted by atomic mass is 10.3. The molecule has 0 saturated heterocycles. The van der Waals surface area contributed by atoms with E-state index in [1.807, 2.05) is 31.2 Å². The molecular formula is C11H13ClO2S. The third kappa shape index (κ3) is 3.76. The fraction of sp³-hybridized carbons (Fsp3) is 0.364. The van der Waals surface area contributed by atoms with Crippen LogP contribution in [0.5, 0.6) is 0 Å². The van der Waals surface area contributed by atoms with Crippen LogP contribution in [0.4, 0.5) is 0 Å². The molecular weight excluding hydrogens is 232 g/mol. The maximum absolute atomic E-state index is 11.3. The van der Waals surface area contributed by atoms with Gasteiger partial charge in [0.05, 0.1) is 7.11 Å². The van der Waals surface area contributed by atoms with Gasteiger partial charge >= 0.3 is 5.97 Å². The average Bonchev–Trinajstić information content (AvgIpc) is 2.27. The molecule has 1 unspecified atom stereocenters. The highest BCUT2D eigenvalue weighted by atomic mass is 35.5. The van der Waals surface area contributed by atoms with Gasteiger partial charge in [-0.2, -0.15) is 0 Å². The van der Waals surface area contributed by atoms with Crippen molar-refractivity contribution in [2.75, 3.05) is 7.11 Å². The summed E-state index contributed by atoms with van der Waals surface area (Å²) in [5.41, 5.74) is 0. The van der Waals surface area contributed by atoms with Crippen molar-refractivity contribution in [1.82, 2.24) is 0 Å². The number of carbonyl (C=O) groups is 1. The van der Waals surface area contributed by atoms with Crippen molar-refractivity contribution in [3.8, 4) is 0 Å². The summed E-state index contributed by atoms with van der Waals surface area (Å²) in [6, 6.07) is 7.43. The largest absolute Gasteiger partial charge is 0.468 e. The number of methoxy groups -OCH3 is 1. The van der Waals surface area contributed by atoms with Crippen LogP contribution in [-0.4, -0.2) is 18.3 Å². The van der Waals surface area contributed by atoms with E-state index in [-0.39, 0.29) is 11.2 Å². The predicted molar refractivity (Wildman–Crippen MR) is 63.4 cm³/mol. The van der Waals surface area contributed by atoms with Crippen molar-refractivity contribution in [2.45, 2.75) is 23.5 Å². The highest BCUT2D eigenvalue weighted by Crippen LogP contribution is 2.27. The van der Waals surface area contributed by atoms with Gasteiger partial charge in [0.15, 0.2) is 0 Å². The maximum Gasteiger partial charge on any atom is 0.319 e. The lowest BCUT2D eigenvalue weighted by Gasteiger charge is -2.11. The van der Waals surface area contributed by atoms with Crippen LogP contribution in [0.25, 0.3) is 0 Å². The van der Waals surface area contributed by atoms with Crippen molar-refractivity contribution in [3.05, 3.63) is 29.3 Å². The molecule has 0 radical (unpaired) electrons. The van der Waals surface area contributed by atoms with Gasteiger partial charge in [-0.15, -0.1) is 11.8 Å². The molecule has 0 N–H and O–H groups in total. The van der Waals surface area contributed by atoms with Crippen LogP contribution < -0.4 is 0 Å². The quantitative estimate of drug-likeness (QED) is 0.600. The first-order valence-electron chi connectivity index (χ1n) is 4.67. The molecule has 0 aliphatic carbocycles. The van der Waals surface area contributed by atoms with Gasteiger partial charge in [-0.3, -0.25) is 4.79 Å². The Balaban J connectivity index is 2.66. The molecule has 15 heavy (non-hydrogen) atoms. The summed E-state index contributed by atoms with van der Waals surface area (Å²) in [5.74, 6) is -0.183. The third-order valence-electron chi connectivity index (χ3n) is 1.93. The standard InChI is InChI=1S/C11H13ClO2S/c1-3-10(11(13)14-2)15-9-6-4-8(12)5-7-9/h4-7,10H,3H2,1-2H3. The van der Waals surface area contributed by atoms with Gasteiger partial charge in [-0.1, -0.05) is 18.5 Å². The Hall–Kier alpha value is -0.670. The first-order chi connectivity index (χ1) is 7.17. The van der Waals surface area contributed by atoms with Crippen LogP contribution in [0.1, 0.15) is 13.3 Å². The van der Waals surface area contributed by atoms with Crippen molar-refractivity contribution in [3.63, 3.8) is 0 Å². The zero-order valence-electron chi connectivity index (χ0n) is 8.70. The zero-order valence-corrected chi connectivity index (χ0v) is 10.3. The van der Waals surface area contributed by atoms with Crippen LogP contribution in [0.3, 0.4) is 0 Å². The fourth-order valence-corrected chi connectivity index (χ4v) is 2.21. The first kappa shape index (κ1) is 12.4. The van der Waals surface area contributed by atoms with E-state index in [2.05, 4.69) is 0 Å². The van der Waals surface area contributed by atoms with Gasteiger partial charge < -0.3 is 4.74 Å². The second-order valence-electron chi connectivity index (χ2n) is 2.99. The van der Waals surface area contributed by atoms with Crippen LogP contribution in [-0.2, 0) is 9.53 Å². The summed E-state index contributed by atoms with van der Waals surface area (Å²) in [6.45, 7) is 1.96. The Bertz CT molecular complexity index is 324. The van der Waals surface area contributed by atoms with E-state index in [9.17, 15) is 4.79 Å². The summed E-state index contributed by atoms with van der Waals surface area (Å²) >= 11 is 7.27. The Labute approximate surface area is 99.0 Å². The molecule has 82 valence electrons. The normalized spacial score (nSPS) is 12.2. The van der Waals surface area contributed by atoms with Gasteiger partial charge in [0, 0.05) is 9.92 Å². The molecule has 0 aliphatic rings. The molecule has 2 nitrogen and oxygen atoms in total. The molecule has 0 spiro atoms. The zero-order chi connectivity index (χ0) is 11.3. The van der Waals surface area contributed by atoms with Gasteiger partial charge in [-0.05, 0) is 30.7 Å². The Morgan fingerprint density at radius 2 is 2.07 bits per heavy atom. The second-order valence-corrected chi connectivity index (χ2v) is 4.70. The smallest absolute Gasteiger partial charge is 0.319 e. The number of rotatable bonds is 4. The lowest BCUT2D eigenvalue weighted by molar-refractivity contribution is -0.140. The highest BCUT2D eigenvalue weighted by Gasteiger charge is 2.17. The molecule has 1 atom stereocenters. The van der Waals surface area contributed by atoms with Crippen LogP contribution >= 0.6 is 23.4 Å². The summed E-state index contributed by atoms with van der Waals surface area (Å²) in [5, 5.41) is 0.557. The van der Waals surface area contributed by atoms with E-state index in [0.717, 1.165) is 11.3 Å². The number of ether oxygens (including phenoxy) is 1. The van der Waals surface area contributed by atoms with Gasteiger partial charge in [0.2, 0.25) is 0 Å². The van der Waals surface area contributed by atoms with Crippen molar-refractivity contribution in [2.24, 2.45) is 0 Å². The summed E-state index contributed by atoms with van der Waals surface area (Å²) in [4.78, 5) is 12.4.